The first-order valence-corrected chi connectivity index (χ1v) is 11.4. The Morgan fingerprint density at radius 3 is 2.25 bits per heavy atom. The second-order valence-corrected chi connectivity index (χ2v) is 8.69. The number of amides is 2. The third-order valence-corrected chi connectivity index (χ3v) is 5.86. The number of carbonyl (C=O) groups excluding carboxylic acids is 3. The average molecular weight is 521 g/mol. The summed E-state index contributed by atoms with van der Waals surface area (Å²) in [5.41, 5.74) is 0.190. The van der Waals surface area contributed by atoms with Crippen molar-refractivity contribution < 1.29 is 58.5 Å². The first kappa shape index (κ1) is 30.1. The zero-order valence-corrected chi connectivity index (χ0v) is 20.7. The van der Waals surface area contributed by atoms with Crippen LogP contribution in [0.25, 0.3) is 0 Å². The van der Waals surface area contributed by atoms with E-state index in [0.29, 0.717) is 0 Å². The molecule has 2 aliphatic rings. The number of methoxy groups -OCH3 is 1. The van der Waals surface area contributed by atoms with Crippen LogP contribution < -0.4 is 10.6 Å². The van der Waals surface area contributed by atoms with Gasteiger partial charge in [-0.2, -0.15) is 0 Å². The third-order valence-electron chi connectivity index (χ3n) is 5.86. The van der Waals surface area contributed by atoms with Crippen LogP contribution in [0, 0.1) is 0 Å². The van der Waals surface area contributed by atoms with Crippen molar-refractivity contribution in [3.8, 4) is 0 Å². The summed E-state index contributed by atoms with van der Waals surface area (Å²) in [4.78, 5) is 35.9. The van der Waals surface area contributed by atoms with Crippen LogP contribution in [0.4, 0.5) is 0 Å². The molecule has 0 saturated carbocycles. The van der Waals surface area contributed by atoms with Gasteiger partial charge in [0.25, 0.3) is 5.91 Å². The van der Waals surface area contributed by atoms with Crippen molar-refractivity contribution in [1.29, 1.82) is 0 Å². The predicted octanol–water partition coefficient (Wildman–Crippen LogP) is -3.29. The first-order chi connectivity index (χ1) is 16.9. The van der Waals surface area contributed by atoms with Crippen molar-refractivity contribution in [2.75, 3.05) is 26.9 Å². The van der Waals surface area contributed by atoms with Crippen LogP contribution in [-0.4, -0.2) is 126 Å². The molecule has 4 unspecified atom stereocenters. The topological polar surface area (TPSA) is 202 Å². The Morgan fingerprint density at radius 1 is 1.03 bits per heavy atom. The molecule has 206 valence electrons. The zero-order valence-electron chi connectivity index (χ0n) is 20.7. The average Bonchev–Trinajstić information content (AvgIpc) is 2.82. The molecule has 0 aromatic heterocycles. The van der Waals surface area contributed by atoms with E-state index in [9.17, 15) is 34.8 Å². The molecule has 2 aliphatic heterocycles. The second kappa shape index (κ2) is 13.4. The zero-order chi connectivity index (χ0) is 27.2. The van der Waals surface area contributed by atoms with Gasteiger partial charge in [0.15, 0.2) is 12.4 Å². The van der Waals surface area contributed by atoms with Gasteiger partial charge in [0.2, 0.25) is 5.91 Å². The van der Waals surface area contributed by atoms with Crippen molar-refractivity contribution in [2.24, 2.45) is 0 Å². The minimum Gasteiger partial charge on any atom is -0.460 e. The molecule has 0 aliphatic carbocycles. The van der Waals surface area contributed by atoms with Gasteiger partial charge in [0, 0.05) is 19.6 Å². The van der Waals surface area contributed by atoms with Crippen LogP contribution in [0.1, 0.15) is 20.8 Å². The van der Waals surface area contributed by atoms with Gasteiger partial charge in [-0.25, -0.2) is 4.79 Å². The molecule has 2 heterocycles. The van der Waals surface area contributed by atoms with Crippen molar-refractivity contribution in [2.45, 2.75) is 81.9 Å². The van der Waals surface area contributed by atoms with Gasteiger partial charge in [0.1, 0.15) is 43.2 Å². The van der Waals surface area contributed by atoms with E-state index in [1.807, 2.05) is 0 Å². The van der Waals surface area contributed by atoms with E-state index < -0.39 is 85.6 Å². The number of rotatable bonds is 10. The molecular formula is C22H36N2O12. The van der Waals surface area contributed by atoms with E-state index in [2.05, 4.69) is 17.2 Å². The van der Waals surface area contributed by atoms with Crippen LogP contribution in [0.3, 0.4) is 0 Å². The third kappa shape index (κ3) is 7.20. The maximum Gasteiger partial charge on any atom is 0.333 e. The lowest BCUT2D eigenvalue weighted by Gasteiger charge is -2.47. The van der Waals surface area contributed by atoms with Crippen LogP contribution in [0.5, 0.6) is 0 Å². The Balaban J connectivity index is 2.16. The standard InChI is InChI=1S/C22H36N2O12/c1-9(2)21(31)33-7-6-23-20(30)19-15(28)18(32-5)16(29)22(36-19)35-17-13(24-11(4)26)10(3)34-12(8-25)14(17)27/h10,12-19,22,25,27-29H,1,6-8H2,2-5H3,(H,23,30)(H,24,26)/t10-,12?,13?,14+,15-,16?,17+,18-,19?,22+/m0/s1. The number of hydrogen-bond donors (Lipinski definition) is 6. The highest BCUT2D eigenvalue weighted by Gasteiger charge is 2.52. The Bertz CT molecular complexity index is 795. The normalized spacial score (nSPS) is 36.6. The summed E-state index contributed by atoms with van der Waals surface area (Å²) in [5, 5.41) is 46.6. The molecule has 0 radical (unpaired) electrons. The number of aliphatic hydroxyl groups is 4. The quantitative estimate of drug-likeness (QED) is 0.0954. The van der Waals surface area contributed by atoms with Gasteiger partial charge in [-0.1, -0.05) is 6.58 Å². The lowest BCUT2D eigenvalue weighted by atomic mass is 9.92. The van der Waals surface area contributed by atoms with E-state index in [0.717, 1.165) is 0 Å². The van der Waals surface area contributed by atoms with Gasteiger partial charge in [-0.3, -0.25) is 9.59 Å². The van der Waals surface area contributed by atoms with Crippen molar-refractivity contribution in [3.05, 3.63) is 12.2 Å². The first-order valence-electron chi connectivity index (χ1n) is 11.4. The van der Waals surface area contributed by atoms with E-state index in [1.54, 1.807) is 6.92 Å². The Labute approximate surface area is 208 Å². The molecule has 10 atom stereocenters. The molecule has 6 N–H and O–H groups in total. The van der Waals surface area contributed by atoms with E-state index in [-0.39, 0.29) is 18.7 Å². The summed E-state index contributed by atoms with van der Waals surface area (Å²) in [6, 6.07) is -0.903. The van der Waals surface area contributed by atoms with Crippen LogP contribution in [0.2, 0.25) is 0 Å². The molecule has 2 fully saturated rings. The van der Waals surface area contributed by atoms with E-state index in [4.69, 9.17) is 23.7 Å². The molecule has 14 heteroatoms. The fourth-order valence-corrected chi connectivity index (χ4v) is 4.02. The molecule has 0 spiro atoms. The highest BCUT2D eigenvalue weighted by atomic mass is 16.7. The molecule has 0 aromatic carbocycles. The fraction of sp³-hybridized carbons (Fsp3) is 0.773. The number of esters is 1. The van der Waals surface area contributed by atoms with Crippen molar-refractivity contribution in [3.63, 3.8) is 0 Å². The molecular weight excluding hydrogens is 484 g/mol. The number of hydrogen-bond acceptors (Lipinski definition) is 12. The number of aliphatic hydroxyl groups excluding tert-OH is 4. The van der Waals surface area contributed by atoms with Crippen LogP contribution in [-0.2, 0) is 38.1 Å². The van der Waals surface area contributed by atoms with Crippen molar-refractivity contribution >= 4 is 17.8 Å². The molecule has 0 aromatic rings. The van der Waals surface area contributed by atoms with Gasteiger partial charge in [0.05, 0.1) is 25.3 Å². The van der Waals surface area contributed by atoms with E-state index >= 15 is 0 Å². The Hall–Kier alpha value is -2.17. The fourth-order valence-electron chi connectivity index (χ4n) is 4.02. The summed E-state index contributed by atoms with van der Waals surface area (Å²) in [6.07, 6.45) is -12.1. The molecule has 14 nitrogen and oxygen atoms in total. The highest BCUT2D eigenvalue weighted by Crippen LogP contribution is 2.30. The summed E-state index contributed by atoms with van der Waals surface area (Å²) >= 11 is 0. The second-order valence-electron chi connectivity index (χ2n) is 8.69. The number of nitrogens with one attached hydrogen (secondary N) is 2. The highest BCUT2D eigenvalue weighted by molar-refractivity contribution is 5.87. The summed E-state index contributed by atoms with van der Waals surface area (Å²) in [6.45, 7) is 6.96. The maximum absolute atomic E-state index is 12.7. The smallest absolute Gasteiger partial charge is 0.333 e. The van der Waals surface area contributed by atoms with Crippen molar-refractivity contribution in [1.82, 2.24) is 10.6 Å². The maximum atomic E-state index is 12.7. The minimum atomic E-state index is -1.60. The van der Waals surface area contributed by atoms with E-state index in [1.165, 1.54) is 21.0 Å². The Kier molecular flexibility index (Phi) is 11.2. The van der Waals surface area contributed by atoms with Gasteiger partial charge >= 0.3 is 5.97 Å². The molecule has 2 saturated heterocycles. The predicted molar refractivity (Wildman–Crippen MR) is 120 cm³/mol. The van der Waals surface area contributed by atoms with Gasteiger partial charge in [-0.15, -0.1) is 0 Å². The number of ether oxygens (including phenoxy) is 5. The van der Waals surface area contributed by atoms with Crippen LogP contribution >= 0.6 is 0 Å². The summed E-state index contributed by atoms with van der Waals surface area (Å²) in [5.74, 6) is -1.88. The Morgan fingerprint density at radius 2 is 1.69 bits per heavy atom. The minimum absolute atomic E-state index is 0.102. The molecule has 36 heavy (non-hydrogen) atoms. The van der Waals surface area contributed by atoms with Gasteiger partial charge < -0.3 is 54.7 Å². The molecule has 2 rings (SSSR count). The summed E-state index contributed by atoms with van der Waals surface area (Å²) < 4.78 is 27.0. The monoisotopic (exact) mass is 520 g/mol. The lowest BCUT2D eigenvalue weighted by Crippen LogP contribution is -2.68. The summed E-state index contributed by atoms with van der Waals surface area (Å²) in [7, 11) is 1.21. The molecule has 0 bridgehead atoms. The number of carbonyl (C=O) groups is 3. The molecule has 2 amide bonds. The SMILES string of the molecule is C=C(C)C(=O)OCCNC(=O)C1O[C@@H](O[C@@H]2C(NC(C)=O)[C@H](C)OC(CO)[C@H]2O)C(O)[C@@H](OC)[C@@H]1O. The van der Waals surface area contributed by atoms with Crippen LogP contribution in [0.15, 0.2) is 12.2 Å². The lowest BCUT2D eigenvalue weighted by molar-refractivity contribution is -0.325. The largest absolute Gasteiger partial charge is 0.460 e. The van der Waals surface area contributed by atoms with Gasteiger partial charge in [-0.05, 0) is 13.8 Å².